The minimum Gasteiger partial charge on any atom is -0.468 e. The molecule has 5 nitrogen and oxygen atoms in total. The van der Waals surface area contributed by atoms with Crippen LogP contribution in [0.25, 0.3) is 0 Å². The van der Waals surface area contributed by atoms with Crippen molar-refractivity contribution in [3.05, 3.63) is 0 Å². The molecular formula is C6H11NO4S. The Kier molecular flexibility index (Phi) is 2.13. The monoisotopic (exact) mass is 193 g/mol. The van der Waals surface area contributed by atoms with Gasteiger partial charge in [0, 0.05) is 0 Å². The largest absolute Gasteiger partial charge is 0.468 e. The Morgan fingerprint density at radius 1 is 1.58 bits per heavy atom. The van der Waals surface area contributed by atoms with Gasteiger partial charge in [0.05, 0.1) is 18.6 Å². The summed E-state index contributed by atoms with van der Waals surface area (Å²) in [7, 11) is -1.94. The summed E-state index contributed by atoms with van der Waals surface area (Å²) in [6.45, 7) is 0. The van der Waals surface area contributed by atoms with Crippen molar-refractivity contribution in [1.29, 1.82) is 0 Å². The van der Waals surface area contributed by atoms with Crippen molar-refractivity contribution in [2.75, 3.05) is 18.6 Å². The molecule has 1 atom stereocenters. The molecule has 0 aromatic heterocycles. The number of sulfone groups is 1. The molecule has 2 N–H and O–H groups in total. The highest BCUT2D eigenvalue weighted by atomic mass is 32.2. The van der Waals surface area contributed by atoms with Crippen LogP contribution in [0.4, 0.5) is 0 Å². The van der Waals surface area contributed by atoms with E-state index in [-0.39, 0.29) is 17.9 Å². The molecule has 0 amide bonds. The van der Waals surface area contributed by atoms with Crippen molar-refractivity contribution in [3.8, 4) is 0 Å². The molecule has 0 radical (unpaired) electrons. The normalized spacial score (nSPS) is 33.2. The first kappa shape index (κ1) is 9.47. The number of carbonyl (C=O) groups is 1. The third kappa shape index (κ3) is 1.59. The maximum atomic E-state index is 11.0. The van der Waals surface area contributed by atoms with Crippen LogP contribution in [0.2, 0.25) is 0 Å². The summed E-state index contributed by atoms with van der Waals surface area (Å²) < 4.78 is 26.4. The maximum absolute atomic E-state index is 11.0. The topological polar surface area (TPSA) is 86.5 Å². The van der Waals surface area contributed by atoms with Gasteiger partial charge in [-0.25, -0.2) is 8.42 Å². The van der Waals surface area contributed by atoms with Crippen molar-refractivity contribution in [2.45, 2.75) is 12.0 Å². The number of esters is 1. The first-order valence-electron chi connectivity index (χ1n) is 3.47. The molecule has 1 unspecified atom stereocenters. The zero-order chi connectivity index (χ0) is 9.41. The van der Waals surface area contributed by atoms with Crippen LogP contribution in [0, 0.1) is 0 Å². The fourth-order valence-electron chi connectivity index (χ4n) is 1.24. The highest BCUT2D eigenvalue weighted by Gasteiger charge is 2.45. The number of hydrogen-bond acceptors (Lipinski definition) is 5. The molecule has 0 aliphatic carbocycles. The lowest BCUT2D eigenvalue weighted by molar-refractivity contribution is -0.146. The van der Waals surface area contributed by atoms with Gasteiger partial charge >= 0.3 is 5.97 Å². The van der Waals surface area contributed by atoms with Gasteiger partial charge in [0.1, 0.15) is 5.54 Å². The molecule has 12 heavy (non-hydrogen) atoms. The van der Waals surface area contributed by atoms with Crippen LogP contribution < -0.4 is 5.73 Å². The fourth-order valence-corrected chi connectivity index (χ4v) is 3.11. The van der Waals surface area contributed by atoms with Gasteiger partial charge in [-0.15, -0.1) is 0 Å². The minimum absolute atomic E-state index is 0.0292. The van der Waals surface area contributed by atoms with E-state index in [1.807, 2.05) is 0 Å². The second kappa shape index (κ2) is 2.70. The summed E-state index contributed by atoms with van der Waals surface area (Å²) in [6.07, 6.45) is 0.155. The first-order chi connectivity index (χ1) is 5.40. The van der Waals surface area contributed by atoms with Gasteiger partial charge in [-0.05, 0) is 6.42 Å². The van der Waals surface area contributed by atoms with E-state index in [2.05, 4.69) is 4.74 Å². The first-order valence-corrected chi connectivity index (χ1v) is 5.29. The molecule has 0 bridgehead atoms. The summed E-state index contributed by atoms with van der Waals surface area (Å²) in [4.78, 5) is 11.0. The van der Waals surface area contributed by atoms with Gasteiger partial charge in [0.15, 0.2) is 9.84 Å². The summed E-state index contributed by atoms with van der Waals surface area (Å²) in [6, 6.07) is 0. The molecule has 1 saturated heterocycles. The molecular weight excluding hydrogens is 182 g/mol. The van der Waals surface area contributed by atoms with Crippen LogP contribution in [0.15, 0.2) is 0 Å². The Morgan fingerprint density at radius 2 is 2.17 bits per heavy atom. The standard InChI is InChI=1S/C6H11NO4S/c1-11-5(8)6(7)2-3-12(9,10)4-6/h2-4,7H2,1H3. The Bertz CT molecular complexity index is 297. The molecule has 1 fully saturated rings. The summed E-state index contributed by atoms with van der Waals surface area (Å²) >= 11 is 0. The molecule has 70 valence electrons. The number of ether oxygens (including phenoxy) is 1. The van der Waals surface area contributed by atoms with E-state index >= 15 is 0 Å². The van der Waals surface area contributed by atoms with Crippen molar-refractivity contribution < 1.29 is 17.9 Å². The Morgan fingerprint density at radius 3 is 2.50 bits per heavy atom. The Hall–Kier alpha value is -0.620. The van der Waals surface area contributed by atoms with Crippen LogP contribution in [-0.2, 0) is 19.4 Å². The van der Waals surface area contributed by atoms with Gasteiger partial charge in [0.2, 0.25) is 0 Å². The van der Waals surface area contributed by atoms with Gasteiger partial charge in [-0.1, -0.05) is 0 Å². The SMILES string of the molecule is COC(=O)C1(N)CCS(=O)(=O)C1. The van der Waals surface area contributed by atoms with E-state index < -0.39 is 21.3 Å². The van der Waals surface area contributed by atoms with E-state index in [9.17, 15) is 13.2 Å². The molecule has 0 spiro atoms. The maximum Gasteiger partial charge on any atom is 0.326 e. The third-order valence-corrected chi connectivity index (χ3v) is 3.71. The van der Waals surface area contributed by atoms with Crippen LogP contribution >= 0.6 is 0 Å². The van der Waals surface area contributed by atoms with Gasteiger partial charge < -0.3 is 10.5 Å². The molecule has 1 aliphatic heterocycles. The van der Waals surface area contributed by atoms with Gasteiger partial charge in [-0.3, -0.25) is 4.79 Å². The highest BCUT2D eigenvalue weighted by Crippen LogP contribution is 2.21. The van der Waals surface area contributed by atoms with Crippen LogP contribution in [-0.4, -0.2) is 38.5 Å². The Labute approximate surface area is 70.8 Å². The second-order valence-electron chi connectivity index (χ2n) is 2.99. The van der Waals surface area contributed by atoms with Crippen molar-refractivity contribution in [3.63, 3.8) is 0 Å². The number of carbonyl (C=O) groups excluding carboxylic acids is 1. The van der Waals surface area contributed by atoms with E-state index in [4.69, 9.17) is 5.73 Å². The van der Waals surface area contributed by atoms with Crippen molar-refractivity contribution in [2.24, 2.45) is 5.73 Å². The highest BCUT2D eigenvalue weighted by molar-refractivity contribution is 7.91. The quantitative estimate of drug-likeness (QED) is 0.522. The average Bonchev–Trinajstić information content (AvgIpc) is 2.25. The predicted molar refractivity (Wildman–Crippen MR) is 42.2 cm³/mol. The minimum atomic E-state index is -3.13. The zero-order valence-electron chi connectivity index (χ0n) is 6.74. The molecule has 6 heteroatoms. The van der Waals surface area contributed by atoms with E-state index in [0.717, 1.165) is 0 Å². The molecule has 0 aromatic rings. The third-order valence-electron chi connectivity index (χ3n) is 1.93. The van der Waals surface area contributed by atoms with Crippen LogP contribution in [0.5, 0.6) is 0 Å². The lowest BCUT2D eigenvalue weighted by Crippen LogP contribution is -2.49. The van der Waals surface area contributed by atoms with Crippen LogP contribution in [0.1, 0.15) is 6.42 Å². The summed E-state index contributed by atoms with van der Waals surface area (Å²) in [5, 5.41) is 0. The van der Waals surface area contributed by atoms with Crippen LogP contribution in [0.3, 0.4) is 0 Å². The number of methoxy groups -OCH3 is 1. The number of hydrogen-bond donors (Lipinski definition) is 1. The van der Waals surface area contributed by atoms with E-state index in [0.29, 0.717) is 0 Å². The lowest BCUT2D eigenvalue weighted by Gasteiger charge is -2.17. The molecule has 1 rings (SSSR count). The fraction of sp³-hybridized carbons (Fsp3) is 0.833. The van der Waals surface area contributed by atoms with Crippen molar-refractivity contribution in [1.82, 2.24) is 0 Å². The Balaban J connectivity index is 2.85. The smallest absolute Gasteiger partial charge is 0.326 e. The van der Waals surface area contributed by atoms with Crippen molar-refractivity contribution >= 4 is 15.8 Å². The zero-order valence-corrected chi connectivity index (χ0v) is 7.56. The molecule has 1 aliphatic rings. The predicted octanol–water partition coefficient (Wildman–Crippen LogP) is -1.32. The van der Waals surface area contributed by atoms with Gasteiger partial charge in [-0.2, -0.15) is 0 Å². The lowest BCUT2D eigenvalue weighted by atomic mass is 10.0. The summed E-state index contributed by atoms with van der Waals surface area (Å²) in [5.74, 6) is -0.978. The molecule has 1 heterocycles. The average molecular weight is 193 g/mol. The van der Waals surface area contributed by atoms with E-state index in [1.54, 1.807) is 0 Å². The van der Waals surface area contributed by atoms with Gasteiger partial charge in [0.25, 0.3) is 0 Å². The molecule has 0 aromatic carbocycles. The number of rotatable bonds is 1. The summed E-state index contributed by atoms with van der Waals surface area (Å²) in [5.41, 5.74) is 4.22. The van der Waals surface area contributed by atoms with E-state index in [1.165, 1.54) is 7.11 Å². The second-order valence-corrected chi connectivity index (χ2v) is 5.17. The molecule has 0 saturated carbocycles. The number of nitrogens with two attached hydrogens (primary N) is 1.